The highest BCUT2D eigenvalue weighted by Gasteiger charge is 2.18. The minimum atomic E-state index is -0.281. The summed E-state index contributed by atoms with van der Waals surface area (Å²) in [6.45, 7) is 4.30. The molecule has 0 bridgehead atoms. The average Bonchev–Trinajstić information content (AvgIpc) is 2.61. The Morgan fingerprint density at radius 3 is 2.80 bits per heavy atom. The third-order valence-electron chi connectivity index (χ3n) is 1.96. The molecule has 1 amide bonds. The molecule has 2 N–H and O–H groups in total. The van der Waals surface area contributed by atoms with Crippen LogP contribution in [0.25, 0.3) is 0 Å². The van der Waals surface area contributed by atoms with Crippen LogP contribution in [0.3, 0.4) is 0 Å². The Kier molecular flexibility index (Phi) is 4.19. The summed E-state index contributed by atoms with van der Waals surface area (Å²) < 4.78 is 0. The molecule has 0 spiro atoms. The Bertz CT molecular complexity index is 347. The van der Waals surface area contributed by atoms with Crippen molar-refractivity contribution in [3.63, 3.8) is 0 Å². The number of nitrogens with one attached hydrogen (secondary N) is 1. The van der Waals surface area contributed by atoms with E-state index in [2.05, 4.69) is 17.9 Å². The molecule has 15 heavy (non-hydrogen) atoms. The van der Waals surface area contributed by atoms with Crippen LogP contribution in [0.1, 0.15) is 23.5 Å². The molecule has 1 aromatic rings. The molecule has 0 saturated carbocycles. The zero-order valence-corrected chi connectivity index (χ0v) is 10.5. The van der Waals surface area contributed by atoms with Crippen LogP contribution in [0.15, 0.2) is 16.3 Å². The molecule has 1 heterocycles. The number of carbonyl (C=O) groups excluding carboxylic acids is 1. The molecule has 0 fully saturated rings. The van der Waals surface area contributed by atoms with Crippen LogP contribution >= 0.6 is 24.0 Å². The summed E-state index contributed by atoms with van der Waals surface area (Å²) in [6.07, 6.45) is 0. The molecular weight excluding hydrogens is 230 g/mol. The van der Waals surface area contributed by atoms with Crippen molar-refractivity contribution >= 4 is 29.9 Å². The summed E-state index contributed by atoms with van der Waals surface area (Å²) in [4.78, 5) is 13.0. The van der Waals surface area contributed by atoms with Crippen molar-refractivity contribution in [2.24, 2.45) is 5.41 Å². The van der Waals surface area contributed by atoms with Gasteiger partial charge in [0.15, 0.2) is 0 Å². The number of aliphatic hydroxyl groups excluding tert-OH is 1. The number of amides is 1. The monoisotopic (exact) mass is 245 g/mol. The van der Waals surface area contributed by atoms with Gasteiger partial charge >= 0.3 is 0 Å². The molecule has 3 nitrogen and oxygen atoms in total. The number of rotatable bonds is 4. The Balaban J connectivity index is 2.50. The minimum absolute atomic E-state index is 0.0511. The van der Waals surface area contributed by atoms with Gasteiger partial charge in [-0.25, -0.2) is 0 Å². The second-order valence-electron chi connectivity index (χ2n) is 4.17. The Morgan fingerprint density at radius 1 is 1.67 bits per heavy atom. The maximum atomic E-state index is 11.6. The van der Waals surface area contributed by atoms with E-state index in [4.69, 9.17) is 5.11 Å². The molecule has 1 rings (SSSR count). The molecule has 0 unspecified atom stereocenters. The second-order valence-corrected chi connectivity index (χ2v) is 5.60. The standard InChI is InChI=1S/C10H15NO2S2/c1-10(2,6-12)5-11-9(13)8-3-7(14)4-15-8/h3-4,12,14H,5-6H2,1-2H3,(H,11,13). The first-order chi connectivity index (χ1) is 6.94. The predicted octanol–water partition coefficient (Wildman–Crippen LogP) is 1.79. The van der Waals surface area contributed by atoms with Gasteiger partial charge in [-0.2, -0.15) is 0 Å². The predicted molar refractivity (Wildman–Crippen MR) is 64.8 cm³/mol. The SMILES string of the molecule is CC(C)(CO)CNC(=O)c1cc(S)cs1. The van der Waals surface area contributed by atoms with E-state index in [0.29, 0.717) is 11.4 Å². The summed E-state index contributed by atoms with van der Waals surface area (Å²) in [5.74, 6) is -0.109. The fourth-order valence-corrected chi connectivity index (χ4v) is 1.97. The number of thiophene rings is 1. The molecule has 0 saturated heterocycles. The first kappa shape index (κ1) is 12.5. The van der Waals surface area contributed by atoms with Crippen LogP contribution in [-0.2, 0) is 0 Å². The summed E-state index contributed by atoms with van der Waals surface area (Å²) in [7, 11) is 0. The van der Waals surface area contributed by atoms with Crippen molar-refractivity contribution in [2.45, 2.75) is 18.7 Å². The average molecular weight is 245 g/mol. The zero-order valence-electron chi connectivity index (χ0n) is 8.78. The van der Waals surface area contributed by atoms with Gasteiger partial charge in [-0.1, -0.05) is 13.8 Å². The van der Waals surface area contributed by atoms with E-state index in [-0.39, 0.29) is 17.9 Å². The summed E-state index contributed by atoms with van der Waals surface area (Å²) >= 11 is 5.50. The smallest absolute Gasteiger partial charge is 0.261 e. The molecule has 0 aliphatic rings. The fraction of sp³-hybridized carbons (Fsp3) is 0.500. The molecule has 5 heteroatoms. The second kappa shape index (κ2) is 5.01. The van der Waals surface area contributed by atoms with E-state index < -0.39 is 0 Å². The molecule has 0 atom stereocenters. The topological polar surface area (TPSA) is 49.3 Å². The van der Waals surface area contributed by atoms with Gasteiger partial charge in [0.25, 0.3) is 5.91 Å². The highest BCUT2D eigenvalue weighted by Crippen LogP contribution is 2.18. The van der Waals surface area contributed by atoms with Crippen molar-refractivity contribution in [2.75, 3.05) is 13.2 Å². The fourth-order valence-electron chi connectivity index (χ4n) is 0.908. The number of aliphatic hydroxyl groups is 1. The Morgan fingerprint density at radius 2 is 2.33 bits per heavy atom. The van der Waals surface area contributed by atoms with Crippen molar-refractivity contribution in [1.29, 1.82) is 0 Å². The molecule has 0 radical (unpaired) electrons. The third kappa shape index (κ3) is 3.85. The van der Waals surface area contributed by atoms with Gasteiger partial charge < -0.3 is 10.4 Å². The number of carbonyl (C=O) groups is 1. The van der Waals surface area contributed by atoms with Crippen molar-refractivity contribution < 1.29 is 9.90 Å². The van der Waals surface area contributed by atoms with Crippen LogP contribution in [0, 0.1) is 5.41 Å². The summed E-state index contributed by atoms with van der Waals surface area (Å²) in [5, 5.41) is 13.6. The first-order valence-corrected chi connectivity index (χ1v) is 5.94. The van der Waals surface area contributed by atoms with E-state index in [1.165, 1.54) is 11.3 Å². The van der Waals surface area contributed by atoms with E-state index >= 15 is 0 Å². The molecule has 1 aromatic heterocycles. The van der Waals surface area contributed by atoms with Crippen molar-refractivity contribution in [3.05, 3.63) is 16.3 Å². The maximum Gasteiger partial charge on any atom is 0.261 e. The lowest BCUT2D eigenvalue weighted by molar-refractivity contribution is 0.0915. The number of thiol groups is 1. The zero-order chi connectivity index (χ0) is 11.5. The number of hydrogen-bond donors (Lipinski definition) is 3. The Labute approximate surface area is 98.9 Å². The van der Waals surface area contributed by atoms with Crippen LogP contribution in [0.2, 0.25) is 0 Å². The normalized spacial score (nSPS) is 11.5. The quantitative estimate of drug-likeness (QED) is 0.708. The summed E-state index contributed by atoms with van der Waals surface area (Å²) in [5.41, 5.74) is -0.281. The molecule has 0 aliphatic carbocycles. The lowest BCUT2D eigenvalue weighted by Crippen LogP contribution is -2.35. The molecule has 0 aliphatic heterocycles. The van der Waals surface area contributed by atoms with E-state index in [9.17, 15) is 4.79 Å². The maximum absolute atomic E-state index is 11.6. The van der Waals surface area contributed by atoms with Gasteiger partial charge in [-0.3, -0.25) is 4.79 Å². The van der Waals surface area contributed by atoms with Crippen LogP contribution in [-0.4, -0.2) is 24.2 Å². The summed E-state index contributed by atoms with van der Waals surface area (Å²) in [6, 6.07) is 1.73. The molecular formula is C10H15NO2S2. The third-order valence-corrected chi connectivity index (χ3v) is 3.33. The van der Waals surface area contributed by atoms with Crippen molar-refractivity contribution in [1.82, 2.24) is 5.32 Å². The van der Waals surface area contributed by atoms with E-state index in [1.54, 1.807) is 6.07 Å². The van der Waals surface area contributed by atoms with Gasteiger partial charge in [-0.15, -0.1) is 24.0 Å². The van der Waals surface area contributed by atoms with Gasteiger partial charge in [0.1, 0.15) is 0 Å². The minimum Gasteiger partial charge on any atom is -0.396 e. The van der Waals surface area contributed by atoms with Crippen LogP contribution in [0.4, 0.5) is 0 Å². The van der Waals surface area contributed by atoms with E-state index in [1.807, 2.05) is 19.2 Å². The first-order valence-electron chi connectivity index (χ1n) is 4.61. The van der Waals surface area contributed by atoms with Gasteiger partial charge in [0.2, 0.25) is 0 Å². The number of hydrogen-bond acceptors (Lipinski definition) is 4. The van der Waals surface area contributed by atoms with Gasteiger partial charge in [0, 0.05) is 28.8 Å². The Hall–Kier alpha value is -0.520. The highest BCUT2D eigenvalue weighted by atomic mass is 32.1. The van der Waals surface area contributed by atoms with Gasteiger partial charge in [0.05, 0.1) is 4.88 Å². The largest absolute Gasteiger partial charge is 0.396 e. The lowest BCUT2D eigenvalue weighted by atomic mass is 9.95. The molecule has 84 valence electrons. The van der Waals surface area contributed by atoms with Crippen molar-refractivity contribution in [3.8, 4) is 0 Å². The van der Waals surface area contributed by atoms with Crippen LogP contribution < -0.4 is 5.32 Å². The van der Waals surface area contributed by atoms with E-state index in [0.717, 1.165) is 4.90 Å². The highest BCUT2D eigenvalue weighted by molar-refractivity contribution is 7.80. The van der Waals surface area contributed by atoms with Gasteiger partial charge in [-0.05, 0) is 6.07 Å². The molecule has 0 aromatic carbocycles. The lowest BCUT2D eigenvalue weighted by Gasteiger charge is -2.21. The van der Waals surface area contributed by atoms with Crippen LogP contribution in [0.5, 0.6) is 0 Å².